The molecule has 0 bridgehead atoms. The molecule has 0 radical (unpaired) electrons. The Kier molecular flexibility index (Phi) is 10.2. The molecule has 0 rings (SSSR count). The fourth-order valence-electron chi connectivity index (χ4n) is 3.29. The van der Waals surface area contributed by atoms with Gasteiger partial charge in [-0.3, -0.25) is 9.59 Å². The Morgan fingerprint density at radius 1 is 0.957 bits per heavy atom. The minimum atomic E-state index is -1.46. The van der Waals surface area contributed by atoms with Gasteiger partial charge in [-0.1, -0.05) is 67.2 Å². The molecule has 136 valence electrons. The second kappa shape index (κ2) is 10.7. The van der Waals surface area contributed by atoms with Gasteiger partial charge in [-0.05, 0) is 31.1 Å². The maximum absolute atomic E-state index is 12.7. The largest absolute Gasteiger partial charge is 0.480 e. The molecule has 0 aliphatic carbocycles. The van der Waals surface area contributed by atoms with Crippen LogP contribution in [0.25, 0.3) is 0 Å². The predicted octanol–water partition coefficient (Wildman–Crippen LogP) is 5.05. The lowest BCUT2D eigenvalue weighted by Crippen LogP contribution is -2.50. The summed E-state index contributed by atoms with van der Waals surface area (Å²) in [7, 11) is 0. The van der Waals surface area contributed by atoms with Gasteiger partial charge in [0, 0.05) is 0 Å². The number of carbonyl (C=O) groups excluding carboxylic acids is 1. The van der Waals surface area contributed by atoms with Crippen LogP contribution in [0.5, 0.6) is 0 Å². The fraction of sp³-hybridized carbons (Fsp3) is 0.895. The molecule has 1 unspecified atom stereocenters. The highest BCUT2D eigenvalue weighted by Crippen LogP contribution is 2.38. The van der Waals surface area contributed by atoms with Crippen LogP contribution in [-0.4, -0.2) is 23.1 Å². The van der Waals surface area contributed by atoms with Crippen molar-refractivity contribution in [2.75, 3.05) is 0 Å². The number of hydrogen-bond acceptors (Lipinski definition) is 3. The molecule has 1 N–H and O–H groups in total. The van der Waals surface area contributed by atoms with Crippen LogP contribution in [0.1, 0.15) is 86.5 Å². The highest BCUT2D eigenvalue weighted by Gasteiger charge is 2.53. The lowest BCUT2D eigenvalue weighted by Gasteiger charge is -2.35. The summed E-state index contributed by atoms with van der Waals surface area (Å²) in [5.41, 5.74) is -1.46. The standard InChI is InChI=1S/C19H36O4/c1-7-9-10-11-12-13-16(8-2)23-18(22)19(14(3)4,15(5)6)17(20)21/h14-16H,7-13H2,1-6H3,(H,20,21). The average Bonchev–Trinajstić information content (AvgIpc) is 2.45. The molecule has 0 fully saturated rings. The predicted molar refractivity (Wildman–Crippen MR) is 93.3 cm³/mol. The first-order chi connectivity index (χ1) is 10.7. The monoisotopic (exact) mass is 328 g/mol. The van der Waals surface area contributed by atoms with E-state index in [4.69, 9.17) is 4.74 Å². The second-order valence-electron chi connectivity index (χ2n) is 7.12. The zero-order chi connectivity index (χ0) is 18.0. The van der Waals surface area contributed by atoms with Crippen molar-refractivity contribution in [2.24, 2.45) is 17.3 Å². The van der Waals surface area contributed by atoms with Crippen molar-refractivity contribution in [3.63, 3.8) is 0 Å². The molecule has 0 heterocycles. The third-order valence-electron chi connectivity index (χ3n) is 4.87. The quantitative estimate of drug-likeness (QED) is 0.309. The number of carbonyl (C=O) groups is 2. The van der Waals surface area contributed by atoms with E-state index in [1.165, 1.54) is 19.3 Å². The molecule has 0 spiro atoms. The van der Waals surface area contributed by atoms with E-state index in [2.05, 4.69) is 6.92 Å². The molecule has 1 atom stereocenters. The molecular formula is C19H36O4. The van der Waals surface area contributed by atoms with Crippen LogP contribution in [-0.2, 0) is 14.3 Å². The minimum Gasteiger partial charge on any atom is -0.480 e. The molecule has 0 amide bonds. The highest BCUT2D eigenvalue weighted by molar-refractivity contribution is 5.99. The van der Waals surface area contributed by atoms with Crippen LogP contribution < -0.4 is 0 Å². The first-order valence-corrected chi connectivity index (χ1v) is 9.19. The second-order valence-corrected chi connectivity index (χ2v) is 7.12. The number of esters is 1. The van der Waals surface area contributed by atoms with Gasteiger partial charge in [0.1, 0.15) is 6.10 Å². The van der Waals surface area contributed by atoms with Crippen LogP contribution in [0.3, 0.4) is 0 Å². The van der Waals surface area contributed by atoms with Gasteiger partial charge in [-0.15, -0.1) is 0 Å². The Bertz CT molecular complexity index is 352. The van der Waals surface area contributed by atoms with Gasteiger partial charge in [0.25, 0.3) is 0 Å². The number of unbranched alkanes of at least 4 members (excludes halogenated alkanes) is 4. The molecule has 4 heteroatoms. The van der Waals surface area contributed by atoms with Gasteiger partial charge < -0.3 is 9.84 Å². The van der Waals surface area contributed by atoms with E-state index >= 15 is 0 Å². The van der Waals surface area contributed by atoms with Gasteiger partial charge in [0.15, 0.2) is 5.41 Å². The first-order valence-electron chi connectivity index (χ1n) is 9.19. The Morgan fingerprint density at radius 2 is 1.48 bits per heavy atom. The molecular weight excluding hydrogens is 292 g/mol. The first kappa shape index (κ1) is 21.9. The van der Waals surface area contributed by atoms with E-state index in [-0.39, 0.29) is 17.9 Å². The van der Waals surface area contributed by atoms with E-state index in [1.807, 2.05) is 6.92 Å². The molecule has 23 heavy (non-hydrogen) atoms. The maximum Gasteiger partial charge on any atom is 0.324 e. The summed E-state index contributed by atoms with van der Waals surface area (Å²) in [4.78, 5) is 24.5. The lowest BCUT2D eigenvalue weighted by molar-refractivity contribution is -0.181. The van der Waals surface area contributed by atoms with E-state index in [1.54, 1.807) is 27.7 Å². The molecule has 0 aliphatic rings. The minimum absolute atomic E-state index is 0.180. The van der Waals surface area contributed by atoms with Crippen molar-refractivity contribution in [2.45, 2.75) is 92.6 Å². The summed E-state index contributed by atoms with van der Waals surface area (Å²) >= 11 is 0. The third-order valence-corrected chi connectivity index (χ3v) is 4.87. The molecule has 0 saturated heterocycles. The number of carboxylic acid groups (broad SMARTS) is 1. The summed E-state index contributed by atoms with van der Waals surface area (Å²) in [5.74, 6) is -2.27. The summed E-state index contributed by atoms with van der Waals surface area (Å²) in [6.45, 7) is 11.3. The number of carboxylic acids is 1. The van der Waals surface area contributed by atoms with Crippen molar-refractivity contribution in [1.82, 2.24) is 0 Å². The fourth-order valence-corrected chi connectivity index (χ4v) is 3.29. The van der Waals surface area contributed by atoms with E-state index < -0.39 is 17.4 Å². The lowest BCUT2D eigenvalue weighted by atomic mass is 9.69. The highest BCUT2D eigenvalue weighted by atomic mass is 16.5. The summed E-state index contributed by atoms with van der Waals surface area (Å²) in [5, 5.41) is 9.69. The molecule has 0 aromatic heterocycles. The van der Waals surface area contributed by atoms with Crippen molar-refractivity contribution in [3.05, 3.63) is 0 Å². The van der Waals surface area contributed by atoms with Crippen molar-refractivity contribution < 1.29 is 19.4 Å². The number of aliphatic carboxylic acids is 1. The molecule has 0 aliphatic heterocycles. The third kappa shape index (κ3) is 5.82. The zero-order valence-electron chi connectivity index (χ0n) is 15.9. The maximum atomic E-state index is 12.7. The van der Waals surface area contributed by atoms with E-state index in [0.717, 1.165) is 25.7 Å². The smallest absolute Gasteiger partial charge is 0.324 e. The Labute approximate surface area is 142 Å². The average molecular weight is 328 g/mol. The van der Waals surface area contributed by atoms with Crippen LogP contribution >= 0.6 is 0 Å². The van der Waals surface area contributed by atoms with Gasteiger partial charge in [0.05, 0.1) is 0 Å². The summed E-state index contributed by atoms with van der Waals surface area (Å²) < 4.78 is 5.64. The topological polar surface area (TPSA) is 63.6 Å². The van der Waals surface area contributed by atoms with Gasteiger partial charge >= 0.3 is 11.9 Å². The Balaban J connectivity index is 4.85. The van der Waals surface area contributed by atoms with Gasteiger partial charge in [-0.25, -0.2) is 0 Å². The Hall–Kier alpha value is -1.06. The summed E-state index contributed by atoms with van der Waals surface area (Å²) in [6.07, 6.45) is 7.17. The van der Waals surface area contributed by atoms with Crippen molar-refractivity contribution in [3.8, 4) is 0 Å². The normalized spacial score (nSPS) is 13.4. The van der Waals surface area contributed by atoms with E-state index in [9.17, 15) is 14.7 Å². The SMILES string of the molecule is CCCCCCCC(CC)OC(=O)C(C(=O)O)(C(C)C)C(C)C. The van der Waals surface area contributed by atoms with E-state index in [0.29, 0.717) is 0 Å². The number of ether oxygens (including phenoxy) is 1. The van der Waals surface area contributed by atoms with Crippen LogP contribution in [0, 0.1) is 17.3 Å². The molecule has 0 saturated carbocycles. The van der Waals surface area contributed by atoms with Crippen LogP contribution in [0.4, 0.5) is 0 Å². The zero-order valence-corrected chi connectivity index (χ0v) is 15.9. The van der Waals surface area contributed by atoms with Crippen molar-refractivity contribution in [1.29, 1.82) is 0 Å². The number of hydrogen-bond donors (Lipinski definition) is 1. The van der Waals surface area contributed by atoms with Crippen LogP contribution in [0.15, 0.2) is 0 Å². The Morgan fingerprint density at radius 3 is 1.87 bits per heavy atom. The van der Waals surface area contributed by atoms with Gasteiger partial charge in [-0.2, -0.15) is 0 Å². The van der Waals surface area contributed by atoms with Crippen molar-refractivity contribution >= 4 is 11.9 Å². The molecule has 4 nitrogen and oxygen atoms in total. The summed E-state index contributed by atoms with van der Waals surface area (Å²) in [6, 6.07) is 0. The van der Waals surface area contributed by atoms with Crippen LogP contribution in [0.2, 0.25) is 0 Å². The molecule has 0 aromatic rings. The van der Waals surface area contributed by atoms with Gasteiger partial charge in [0.2, 0.25) is 0 Å². The molecule has 0 aromatic carbocycles. The number of rotatable bonds is 12.